The summed E-state index contributed by atoms with van der Waals surface area (Å²) in [5, 5.41) is 1.76. The summed E-state index contributed by atoms with van der Waals surface area (Å²) in [5.41, 5.74) is 0.917. The molecule has 2 rings (SSSR count). The molecule has 276 valence electrons. The van der Waals surface area contributed by atoms with Crippen molar-refractivity contribution in [3.05, 3.63) is 42.0 Å². The maximum absolute atomic E-state index is 13.6. The molecule has 0 aliphatic rings. The van der Waals surface area contributed by atoms with Gasteiger partial charge in [-0.15, -0.1) is 0 Å². The Labute approximate surface area is 298 Å². The minimum absolute atomic E-state index is 0.280. The van der Waals surface area contributed by atoms with Crippen LogP contribution in [0.1, 0.15) is 212 Å². The molecule has 0 saturated carbocycles. The smallest absolute Gasteiger partial charge is 0.266 e. The molecule has 0 saturated heterocycles. The normalized spacial score (nSPS) is 12.0. The van der Waals surface area contributed by atoms with Gasteiger partial charge in [0.1, 0.15) is 4.90 Å². The zero-order valence-electron chi connectivity index (χ0n) is 31.7. The third-order valence-corrected chi connectivity index (χ3v) is 11.7. The van der Waals surface area contributed by atoms with Gasteiger partial charge < -0.3 is 0 Å². The summed E-state index contributed by atoms with van der Waals surface area (Å²) in [7, 11) is -3.81. The van der Waals surface area contributed by atoms with Gasteiger partial charge in [-0.2, -0.15) is 8.42 Å². The third-order valence-electron chi connectivity index (χ3n) is 10.2. The molecule has 2 aromatic rings. The van der Waals surface area contributed by atoms with E-state index in [0.29, 0.717) is 4.90 Å². The van der Waals surface area contributed by atoms with E-state index in [1.807, 2.05) is 30.3 Å². The molecule has 0 aliphatic carbocycles. The number of fused-ring (bicyclic) bond motifs is 1. The number of benzene rings is 2. The monoisotopic (exact) mass is 685 g/mol. The first kappa shape index (κ1) is 42.8. The quantitative estimate of drug-likeness (QED) is 0.0544. The van der Waals surface area contributed by atoms with Crippen molar-refractivity contribution in [3.8, 4) is 0 Å². The van der Waals surface area contributed by atoms with Gasteiger partial charge in [0.05, 0.1) is 6.61 Å². The molecule has 0 aromatic heterocycles. The van der Waals surface area contributed by atoms with E-state index in [9.17, 15) is 8.42 Å². The summed E-state index contributed by atoms with van der Waals surface area (Å²) in [5.74, 6) is 0. The second-order valence-corrected chi connectivity index (χ2v) is 16.3. The summed E-state index contributed by atoms with van der Waals surface area (Å²) in [6.07, 6.45) is 40.2. The Morgan fingerprint density at radius 3 is 1.25 bits per heavy atom. The first-order chi connectivity index (χ1) is 23.6. The minimum Gasteiger partial charge on any atom is -0.266 e. The average Bonchev–Trinajstić information content (AvgIpc) is 3.09. The lowest BCUT2D eigenvalue weighted by Crippen LogP contribution is -2.11. The Balaban J connectivity index is 1.61. The van der Waals surface area contributed by atoms with Crippen LogP contribution < -0.4 is 0 Å². The van der Waals surface area contributed by atoms with Crippen molar-refractivity contribution in [2.45, 2.75) is 218 Å². The first-order valence-electron chi connectivity index (χ1n) is 21.0. The first-order valence-corrected chi connectivity index (χ1v) is 22.4. The highest BCUT2D eigenvalue weighted by atomic mass is 32.2. The average molecular weight is 685 g/mol. The summed E-state index contributed by atoms with van der Waals surface area (Å²) in [4.78, 5) is 0.409. The van der Waals surface area contributed by atoms with E-state index in [0.717, 1.165) is 48.4 Å². The second-order valence-electron chi connectivity index (χ2n) is 14.7. The molecule has 0 fully saturated rings. The molecule has 0 amide bonds. The van der Waals surface area contributed by atoms with Crippen LogP contribution in [0.2, 0.25) is 0 Å². The van der Waals surface area contributed by atoms with Crippen LogP contribution in [0.15, 0.2) is 41.3 Å². The predicted octanol–water partition coefficient (Wildman–Crippen LogP) is 14.8. The van der Waals surface area contributed by atoms with E-state index in [1.165, 1.54) is 167 Å². The van der Waals surface area contributed by atoms with Crippen LogP contribution in [0.3, 0.4) is 0 Å². The van der Waals surface area contributed by atoms with Gasteiger partial charge in [0.2, 0.25) is 0 Å². The lowest BCUT2D eigenvalue weighted by atomic mass is 10.0. The number of aryl methyl sites for hydroxylation is 1. The molecule has 0 spiro atoms. The lowest BCUT2D eigenvalue weighted by Gasteiger charge is -2.14. The van der Waals surface area contributed by atoms with E-state index in [2.05, 4.69) is 19.9 Å². The second kappa shape index (κ2) is 29.4. The van der Waals surface area contributed by atoms with E-state index >= 15 is 0 Å². The maximum Gasteiger partial charge on any atom is 0.297 e. The van der Waals surface area contributed by atoms with Gasteiger partial charge in [0.25, 0.3) is 10.1 Å². The van der Waals surface area contributed by atoms with E-state index in [1.54, 1.807) is 0 Å². The fraction of sp³-hybridized carbons (Fsp3) is 0.773. The van der Waals surface area contributed by atoms with Crippen molar-refractivity contribution in [1.82, 2.24) is 0 Å². The molecule has 0 radical (unpaired) electrons. The van der Waals surface area contributed by atoms with Gasteiger partial charge in [-0.3, -0.25) is 4.18 Å². The van der Waals surface area contributed by atoms with E-state index < -0.39 is 10.1 Å². The largest absolute Gasteiger partial charge is 0.297 e. The Morgan fingerprint density at radius 2 is 0.812 bits per heavy atom. The lowest BCUT2D eigenvalue weighted by molar-refractivity contribution is 0.306. The van der Waals surface area contributed by atoms with E-state index in [-0.39, 0.29) is 6.61 Å². The van der Waals surface area contributed by atoms with Crippen LogP contribution in [0, 0.1) is 0 Å². The molecule has 0 unspecified atom stereocenters. The van der Waals surface area contributed by atoms with Gasteiger partial charge in [-0.25, -0.2) is 0 Å². The molecule has 2 aromatic carbocycles. The molecule has 0 atom stereocenters. The molecule has 0 bridgehead atoms. The molecule has 0 heterocycles. The SMILES string of the molecule is CCCCCCCCCCCCCCCCCOS(=O)(=O)c1c(CCCCCCCCCCCCCCCCC)ccc2ccccc12. The highest BCUT2D eigenvalue weighted by Gasteiger charge is 2.22. The Morgan fingerprint density at radius 1 is 0.438 bits per heavy atom. The Hall–Kier alpha value is -1.39. The van der Waals surface area contributed by atoms with Gasteiger partial charge in [-0.05, 0) is 30.2 Å². The van der Waals surface area contributed by atoms with Crippen LogP contribution in [0.25, 0.3) is 10.8 Å². The van der Waals surface area contributed by atoms with Crippen molar-refractivity contribution in [1.29, 1.82) is 0 Å². The Bertz CT molecular complexity index is 1130. The highest BCUT2D eigenvalue weighted by molar-refractivity contribution is 7.87. The maximum atomic E-state index is 13.6. The molecule has 4 heteroatoms. The summed E-state index contributed by atoms with van der Waals surface area (Å²) >= 11 is 0. The van der Waals surface area contributed by atoms with Crippen LogP contribution >= 0.6 is 0 Å². The van der Waals surface area contributed by atoms with Crippen molar-refractivity contribution in [3.63, 3.8) is 0 Å². The third kappa shape index (κ3) is 20.3. The van der Waals surface area contributed by atoms with Gasteiger partial charge in [0.15, 0.2) is 0 Å². The minimum atomic E-state index is -3.81. The molecule has 48 heavy (non-hydrogen) atoms. The van der Waals surface area contributed by atoms with E-state index in [4.69, 9.17) is 4.18 Å². The Kier molecular flexibility index (Phi) is 26.2. The molecule has 0 N–H and O–H groups in total. The number of rotatable bonds is 34. The van der Waals surface area contributed by atoms with Crippen molar-refractivity contribution in [2.75, 3.05) is 6.61 Å². The summed E-state index contributed by atoms with van der Waals surface area (Å²) in [6, 6.07) is 12.0. The number of unbranched alkanes of at least 4 members (excludes halogenated alkanes) is 28. The van der Waals surface area contributed by atoms with Crippen LogP contribution in [0.4, 0.5) is 0 Å². The predicted molar refractivity (Wildman–Crippen MR) is 211 cm³/mol. The molecule has 3 nitrogen and oxygen atoms in total. The van der Waals surface area contributed by atoms with Gasteiger partial charge >= 0.3 is 0 Å². The molecular weight excluding hydrogens is 609 g/mol. The van der Waals surface area contributed by atoms with Crippen molar-refractivity contribution in [2.24, 2.45) is 0 Å². The number of hydrogen-bond acceptors (Lipinski definition) is 3. The standard InChI is InChI=1S/C44H76O3S/c1-3-5-7-9-11-13-15-17-19-21-23-25-27-29-31-36-42-39-38-41-35-32-33-37-43(41)44(42)48(45,46)47-40-34-30-28-26-24-22-20-18-16-14-12-10-8-6-4-2/h32-33,35,37-39H,3-31,34,36,40H2,1-2H3. The zero-order chi connectivity index (χ0) is 34.4. The van der Waals surface area contributed by atoms with Crippen molar-refractivity contribution < 1.29 is 12.6 Å². The van der Waals surface area contributed by atoms with Crippen molar-refractivity contribution >= 4 is 20.9 Å². The van der Waals surface area contributed by atoms with Crippen LogP contribution in [-0.4, -0.2) is 15.0 Å². The fourth-order valence-corrected chi connectivity index (χ4v) is 8.57. The topological polar surface area (TPSA) is 43.4 Å². The zero-order valence-corrected chi connectivity index (χ0v) is 32.5. The number of hydrogen-bond donors (Lipinski definition) is 0. The van der Waals surface area contributed by atoms with Gasteiger partial charge in [0, 0.05) is 5.39 Å². The summed E-state index contributed by atoms with van der Waals surface area (Å²) < 4.78 is 32.8. The summed E-state index contributed by atoms with van der Waals surface area (Å²) in [6.45, 7) is 4.84. The van der Waals surface area contributed by atoms with Crippen LogP contribution in [-0.2, 0) is 20.7 Å². The molecular formula is C44H76O3S. The fourth-order valence-electron chi connectivity index (χ4n) is 7.17. The molecule has 0 aliphatic heterocycles. The van der Waals surface area contributed by atoms with Gasteiger partial charge in [-0.1, -0.05) is 230 Å². The highest BCUT2D eigenvalue weighted by Crippen LogP contribution is 2.30. The van der Waals surface area contributed by atoms with Crippen LogP contribution in [0.5, 0.6) is 0 Å².